The van der Waals surface area contributed by atoms with Crippen LogP contribution in [0.3, 0.4) is 0 Å². The number of likely N-dealkylation sites (N-methyl/N-ethyl adjacent to an activating group) is 3. The molecule has 2 saturated heterocycles. The average Bonchev–Trinajstić information content (AvgIpc) is 2.45. The summed E-state index contributed by atoms with van der Waals surface area (Å²) in [4.78, 5) is 2.58. The molecule has 0 amide bonds. The first-order chi connectivity index (χ1) is 9.52. The maximum Gasteiger partial charge on any atom is 0.0913 e. The van der Waals surface area contributed by atoms with Crippen molar-refractivity contribution < 1.29 is 8.97 Å². The number of likely N-dealkylation sites (tertiary alicyclic amines) is 2. The third-order valence-corrected chi connectivity index (χ3v) is 5.83. The molecule has 0 N–H and O–H groups in total. The first kappa shape index (κ1) is 16.3. The van der Waals surface area contributed by atoms with Crippen molar-refractivity contribution in [1.29, 1.82) is 0 Å². The monoisotopic (exact) mass is 283 g/mol. The van der Waals surface area contributed by atoms with Crippen molar-refractivity contribution in [1.82, 2.24) is 4.90 Å². The maximum atomic E-state index is 2.58. The molecule has 0 aromatic heterocycles. The fraction of sp³-hybridized carbons (Fsp3) is 1.00. The van der Waals surface area contributed by atoms with Crippen molar-refractivity contribution >= 4 is 0 Å². The van der Waals surface area contributed by atoms with Crippen LogP contribution in [0.15, 0.2) is 0 Å². The number of hydrogen-bond acceptors (Lipinski definition) is 1. The summed E-state index contributed by atoms with van der Waals surface area (Å²) in [7, 11) is 7.25. The fourth-order valence-corrected chi connectivity index (χ4v) is 3.93. The van der Waals surface area contributed by atoms with Gasteiger partial charge < -0.3 is 8.97 Å². The van der Waals surface area contributed by atoms with Crippen molar-refractivity contribution in [3.63, 3.8) is 0 Å². The van der Waals surface area contributed by atoms with Gasteiger partial charge in [0.2, 0.25) is 0 Å². The summed E-state index contributed by atoms with van der Waals surface area (Å²) in [6.07, 6.45) is 8.67. The second-order valence-corrected chi connectivity index (χ2v) is 8.01. The maximum absolute atomic E-state index is 2.58. The van der Waals surface area contributed by atoms with Crippen LogP contribution in [0.4, 0.5) is 0 Å². The van der Waals surface area contributed by atoms with Crippen LogP contribution in [0, 0.1) is 0 Å². The predicted octanol–water partition coefficient (Wildman–Crippen LogP) is 2.18. The highest BCUT2D eigenvalue weighted by molar-refractivity contribution is 4.58. The summed E-state index contributed by atoms with van der Waals surface area (Å²) in [6.45, 7) is 10.9. The van der Waals surface area contributed by atoms with E-state index in [1.807, 2.05) is 0 Å². The molecule has 0 unspecified atom stereocenters. The Balaban J connectivity index is 1.65. The minimum absolute atomic E-state index is 1.27. The van der Waals surface area contributed by atoms with Gasteiger partial charge in [0, 0.05) is 13.1 Å². The molecule has 0 atom stereocenters. The standard InChI is InChI=1S/C17H37N3/c1-18(10-16-19(2)12-6-4-7-13-19)11-17-20(3)14-8-5-9-15-20/h4-17H2,1-3H3/q+2. The molecule has 0 spiro atoms. The van der Waals surface area contributed by atoms with Gasteiger partial charge in [-0.1, -0.05) is 0 Å². The fourth-order valence-electron chi connectivity index (χ4n) is 3.93. The van der Waals surface area contributed by atoms with E-state index in [0.29, 0.717) is 0 Å². The molecule has 2 heterocycles. The Kier molecular flexibility index (Phi) is 5.88. The molecule has 0 aromatic carbocycles. The van der Waals surface area contributed by atoms with Crippen molar-refractivity contribution in [3.8, 4) is 0 Å². The van der Waals surface area contributed by atoms with Crippen molar-refractivity contribution in [2.75, 3.05) is 73.5 Å². The van der Waals surface area contributed by atoms with E-state index < -0.39 is 0 Å². The number of hydrogen-bond donors (Lipinski definition) is 0. The molecule has 0 radical (unpaired) electrons. The molecule has 3 nitrogen and oxygen atoms in total. The third kappa shape index (κ3) is 5.01. The van der Waals surface area contributed by atoms with Crippen LogP contribution < -0.4 is 0 Å². The predicted molar refractivity (Wildman–Crippen MR) is 86.8 cm³/mol. The van der Waals surface area contributed by atoms with Gasteiger partial charge >= 0.3 is 0 Å². The molecule has 118 valence electrons. The van der Waals surface area contributed by atoms with Gasteiger partial charge in [-0.3, -0.25) is 4.90 Å². The summed E-state index contributed by atoms with van der Waals surface area (Å²) in [5.41, 5.74) is 0. The number of nitrogens with zero attached hydrogens (tertiary/aromatic N) is 3. The van der Waals surface area contributed by atoms with Crippen LogP contribution in [0.2, 0.25) is 0 Å². The molecule has 0 aromatic rings. The van der Waals surface area contributed by atoms with E-state index in [1.165, 1.54) is 99.8 Å². The largest absolute Gasteiger partial charge is 0.325 e. The van der Waals surface area contributed by atoms with Crippen LogP contribution >= 0.6 is 0 Å². The van der Waals surface area contributed by atoms with E-state index in [1.54, 1.807) is 0 Å². The smallest absolute Gasteiger partial charge is 0.0913 e. The van der Waals surface area contributed by atoms with E-state index >= 15 is 0 Å². The Hall–Kier alpha value is -0.120. The Labute approximate surface area is 126 Å². The summed E-state index contributed by atoms with van der Waals surface area (Å²) in [5.74, 6) is 0. The molecule has 0 bridgehead atoms. The molecule has 2 aliphatic heterocycles. The van der Waals surface area contributed by atoms with E-state index in [9.17, 15) is 0 Å². The number of quaternary nitrogens is 2. The van der Waals surface area contributed by atoms with Gasteiger partial charge in [-0.2, -0.15) is 0 Å². The zero-order valence-electron chi connectivity index (χ0n) is 14.2. The first-order valence-electron chi connectivity index (χ1n) is 8.87. The quantitative estimate of drug-likeness (QED) is 0.675. The highest BCUT2D eigenvalue weighted by Gasteiger charge is 2.27. The Morgan fingerprint density at radius 1 is 0.650 bits per heavy atom. The third-order valence-electron chi connectivity index (χ3n) is 5.83. The Bertz CT molecular complexity index is 250. The molecule has 20 heavy (non-hydrogen) atoms. The van der Waals surface area contributed by atoms with Crippen LogP contribution in [-0.4, -0.2) is 87.4 Å². The minimum Gasteiger partial charge on any atom is -0.325 e. The Morgan fingerprint density at radius 3 is 1.35 bits per heavy atom. The van der Waals surface area contributed by atoms with Crippen molar-refractivity contribution in [3.05, 3.63) is 0 Å². The normalized spacial score (nSPS) is 25.8. The van der Waals surface area contributed by atoms with Gasteiger partial charge in [-0.25, -0.2) is 0 Å². The lowest BCUT2D eigenvalue weighted by Crippen LogP contribution is -2.53. The van der Waals surface area contributed by atoms with Crippen LogP contribution in [-0.2, 0) is 0 Å². The molecular weight excluding hydrogens is 246 g/mol. The Morgan fingerprint density at radius 2 is 1.00 bits per heavy atom. The van der Waals surface area contributed by atoms with Gasteiger partial charge in [0.1, 0.15) is 0 Å². The second-order valence-electron chi connectivity index (χ2n) is 8.01. The molecule has 2 aliphatic rings. The van der Waals surface area contributed by atoms with E-state index in [-0.39, 0.29) is 0 Å². The molecule has 2 rings (SSSR count). The van der Waals surface area contributed by atoms with Crippen molar-refractivity contribution in [2.24, 2.45) is 0 Å². The van der Waals surface area contributed by atoms with Gasteiger partial charge in [-0.15, -0.1) is 0 Å². The summed E-state index contributed by atoms with van der Waals surface area (Å²) in [5, 5.41) is 0. The zero-order valence-corrected chi connectivity index (χ0v) is 14.2. The zero-order chi connectivity index (χ0) is 14.5. The minimum atomic E-state index is 1.27. The van der Waals surface area contributed by atoms with E-state index in [2.05, 4.69) is 26.0 Å². The molecule has 3 heteroatoms. The lowest BCUT2D eigenvalue weighted by molar-refractivity contribution is -0.915. The van der Waals surface area contributed by atoms with Crippen LogP contribution in [0.1, 0.15) is 38.5 Å². The number of rotatable bonds is 6. The van der Waals surface area contributed by atoms with E-state index in [0.717, 1.165) is 0 Å². The second kappa shape index (κ2) is 7.24. The highest BCUT2D eigenvalue weighted by Crippen LogP contribution is 2.17. The van der Waals surface area contributed by atoms with Crippen LogP contribution in [0.25, 0.3) is 0 Å². The van der Waals surface area contributed by atoms with Gasteiger partial charge in [0.05, 0.1) is 53.4 Å². The number of piperidine rings is 2. The van der Waals surface area contributed by atoms with Gasteiger partial charge in [0.25, 0.3) is 0 Å². The van der Waals surface area contributed by atoms with Gasteiger partial charge in [0.15, 0.2) is 0 Å². The lowest BCUT2D eigenvalue weighted by atomic mass is 10.1. The SMILES string of the molecule is CN(CC[N+]1(C)CCCCC1)CC[N+]1(C)CCCCC1. The summed E-state index contributed by atoms with van der Waals surface area (Å²) >= 11 is 0. The molecular formula is C17H37N3+2. The van der Waals surface area contributed by atoms with Gasteiger partial charge in [-0.05, 0) is 45.6 Å². The summed E-state index contributed by atoms with van der Waals surface area (Å²) < 4.78 is 2.63. The average molecular weight is 284 g/mol. The summed E-state index contributed by atoms with van der Waals surface area (Å²) in [6, 6.07) is 0. The van der Waals surface area contributed by atoms with E-state index in [4.69, 9.17) is 0 Å². The molecule has 0 saturated carbocycles. The van der Waals surface area contributed by atoms with Crippen LogP contribution in [0.5, 0.6) is 0 Å². The lowest BCUT2D eigenvalue weighted by Gasteiger charge is -2.40. The molecule has 2 fully saturated rings. The molecule has 0 aliphatic carbocycles. The highest BCUT2D eigenvalue weighted by atomic mass is 15.4. The van der Waals surface area contributed by atoms with Crippen molar-refractivity contribution in [2.45, 2.75) is 38.5 Å². The first-order valence-corrected chi connectivity index (χ1v) is 8.87. The topological polar surface area (TPSA) is 3.24 Å².